The number of benzene rings is 1. The van der Waals surface area contributed by atoms with Crippen LogP contribution in [0.5, 0.6) is 0 Å². The van der Waals surface area contributed by atoms with Gasteiger partial charge in [-0.3, -0.25) is 4.79 Å². The number of aromatic amines is 1. The monoisotopic (exact) mass is 271 g/mol. The third-order valence-corrected chi connectivity index (χ3v) is 4.56. The molecule has 2 heterocycles. The van der Waals surface area contributed by atoms with Gasteiger partial charge in [0.15, 0.2) is 0 Å². The van der Waals surface area contributed by atoms with Gasteiger partial charge in [-0.05, 0) is 36.5 Å². The van der Waals surface area contributed by atoms with Gasteiger partial charge in [0.25, 0.3) is 5.91 Å². The second-order valence-electron chi connectivity index (χ2n) is 6.00. The number of nitrogens with two attached hydrogens (primary N) is 1. The van der Waals surface area contributed by atoms with E-state index in [1.165, 1.54) is 0 Å². The van der Waals surface area contributed by atoms with Crippen molar-refractivity contribution in [3.05, 3.63) is 30.0 Å². The van der Waals surface area contributed by atoms with Gasteiger partial charge in [-0.2, -0.15) is 0 Å². The SMILES string of the molecule is CC1CCN(C(=O)c2c[nH]c3cc(N)ccc23)CC1C. The van der Waals surface area contributed by atoms with E-state index in [2.05, 4.69) is 18.8 Å². The van der Waals surface area contributed by atoms with E-state index in [0.717, 1.165) is 36.0 Å². The van der Waals surface area contributed by atoms with Crippen LogP contribution in [-0.4, -0.2) is 28.9 Å². The highest BCUT2D eigenvalue weighted by atomic mass is 16.2. The average molecular weight is 271 g/mol. The number of hydrogen-bond acceptors (Lipinski definition) is 2. The molecule has 0 radical (unpaired) electrons. The van der Waals surface area contributed by atoms with E-state index in [1.807, 2.05) is 23.1 Å². The summed E-state index contributed by atoms with van der Waals surface area (Å²) in [6, 6.07) is 5.63. The molecule has 1 aromatic heterocycles. The Bertz CT molecular complexity index is 646. The van der Waals surface area contributed by atoms with Crippen molar-refractivity contribution in [3.63, 3.8) is 0 Å². The molecule has 3 rings (SSSR count). The van der Waals surface area contributed by atoms with Crippen LogP contribution in [0.2, 0.25) is 0 Å². The summed E-state index contributed by atoms with van der Waals surface area (Å²) in [5.74, 6) is 1.38. The zero-order chi connectivity index (χ0) is 14.3. The van der Waals surface area contributed by atoms with Gasteiger partial charge in [0.05, 0.1) is 5.56 Å². The van der Waals surface area contributed by atoms with Crippen molar-refractivity contribution in [1.82, 2.24) is 9.88 Å². The first-order valence-electron chi connectivity index (χ1n) is 7.22. The molecule has 4 nitrogen and oxygen atoms in total. The van der Waals surface area contributed by atoms with Crippen LogP contribution in [0.4, 0.5) is 5.69 Å². The van der Waals surface area contributed by atoms with Crippen LogP contribution in [0, 0.1) is 11.8 Å². The van der Waals surface area contributed by atoms with Crippen molar-refractivity contribution >= 4 is 22.5 Å². The molecule has 1 amide bonds. The fraction of sp³-hybridized carbons (Fsp3) is 0.438. The normalized spacial score (nSPS) is 23.2. The van der Waals surface area contributed by atoms with Gasteiger partial charge in [-0.25, -0.2) is 0 Å². The van der Waals surface area contributed by atoms with E-state index in [-0.39, 0.29) is 5.91 Å². The standard InChI is InChI=1S/C16H21N3O/c1-10-5-6-19(9-11(10)2)16(20)14-8-18-15-7-12(17)3-4-13(14)15/h3-4,7-8,10-11,18H,5-6,9,17H2,1-2H3. The smallest absolute Gasteiger partial charge is 0.256 e. The number of anilines is 1. The molecule has 1 fully saturated rings. The Hall–Kier alpha value is -1.97. The highest BCUT2D eigenvalue weighted by Crippen LogP contribution is 2.26. The third kappa shape index (κ3) is 2.15. The number of nitrogens with zero attached hydrogens (tertiary/aromatic N) is 1. The number of likely N-dealkylation sites (tertiary alicyclic amines) is 1. The molecular weight excluding hydrogens is 250 g/mol. The number of hydrogen-bond donors (Lipinski definition) is 2. The molecule has 106 valence electrons. The van der Waals surface area contributed by atoms with Crippen molar-refractivity contribution in [1.29, 1.82) is 0 Å². The van der Waals surface area contributed by atoms with Crippen molar-refractivity contribution in [2.75, 3.05) is 18.8 Å². The first-order chi connectivity index (χ1) is 9.56. The number of carbonyl (C=O) groups is 1. The molecule has 4 heteroatoms. The summed E-state index contributed by atoms with van der Waals surface area (Å²) < 4.78 is 0. The maximum absolute atomic E-state index is 12.7. The quantitative estimate of drug-likeness (QED) is 0.783. The summed E-state index contributed by atoms with van der Waals surface area (Å²) in [6.45, 7) is 6.19. The van der Waals surface area contributed by atoms with E-state index in [0.29, 0.717) is 17.5 Å². The summed E-state index contributed by atoms with van der Waals surface area (Å²) in [5, 5.41) is 0.954. The minimum absolute atomic E-state index is 0.125. The van der Waals surface area contributed by atoms with Crippen molar-refractivity contribution < 1.29 is 4.79 Å². The minimum atomic E-state index is 0.125. The lowest BCUT2D eigenvalue weighted by Gasteiger charge is -2.35. The van der Waals surface area contributed by atoms with Gasteiger partial charge in [0, 0.05) is 35.9 Å². The number of fused-ring (bicyclic) bond motifs is 1. The van der Waals surface area contributed by atoms with Gasteiger partial charge in [-0.15, -0.1) is 0 Å². The number of H-pyrrole nitrogens is 1. The summed E-state index contributed by atoms with van der Waals surface area (Å²) in [4.78, 5) is 17.8. The second kappa shape index (κ2) is 4.85. The number of piperidine rings is 1. The van der Waals surface area contributed by atoms with Crippen molar-refractivity contribution in [2.24, 2.45) is 11.8 Å². The molecule has 0 bridgehead atoms. The van der Waals surface area contributed by atoms with E-state index in [1.54, 1.807) is 6.20 Å². The zero-order valence-electron chi connectivity index (χ0n) is 12.0. The summed E-state index contributed by atoms with van der Waals surface area (Å²) >= 11 is 0. The predicted octanol–water partition coefficient (Wildman–Crippen LogP) is 2.87. The highest BCUT2D eigenvalue weighted by Gasteiger charge is 2.27. The number of carbonyl (C=O) groups excluding carboxylic acids is 1. The van der Waals surface area contributed by atoms with Gasteiger partial charge in [-0.1, -0.05) is 13.8 Å². The molecule has 2 aromatic rings. The van der Waals surface area contributed by atoms with Crippen LogP contribution in [0.15, 0.2) is 24.4 Å². The Morgan fingerprint density at radius 2 is 2.15 bits per heavy atom. The zero-order valence-corrected chi connectivity index (χ0v) is 12.0. The Morgan fingerprint density at radius 1 is 1.35 bits per heavy atom. The van der Waals surface area contributed by atoms with Crippen LogP contribution in [0.3, 0.4) is 0 Å². The summed E-state index contributed by atoms with van der Waals surface area (Å²) in [5.41, 5.74) is 8.15. The van der Waals surface area contributed by atoms with E-state index < -0.39 is 0 Å². The van der Waals surface area contributed by atoms with Gasteiger partial charge >= 0.3 is 0 Å². The lowest BCUT2D eigenvalue weighted by atomic mass is 9.88. The van der Waals surface area contributed by atoms with E-state index in [9.17, 15) is 4.79 Å². The molecule has 0 aliphatic carbocycles. The lowest BCUT2D eigenvalue weighted by Crippen LogP contribution is -2.42. The Balaban J connectivity index is 1.89. The highest BCUT2D eigenvalue weighted by molar-refractivity contribution is 6.07. The molecule has 1 aromatic carbocycles. The van der Waals surface area contributed by atoms with E-state index >= 15 is 0 Å². The molecule has 20 heavy (non-hydrogen) atoms. The van der Waals surface area contributed by atoms with Gasteiger partial charge < -0.3 is 15.6 Å². The maximum Gasteiger partial charge on any atom is 0.256 e. The average Bonchev–Trinajstić information content (AvgIpc) is 2.84. The molecule has 1 aliphatic rings. The predicted molar refractivity (Wildman–Crippen MR) is 81.6 cm³/mol. The van der Waals surface area contributed by atoms with E-state index in [4.69, 9.17) is 5.73 Å². The first kappa shape index (κ1) is 13.0. The number of rotatable bonds is 1. The molecule has 3 N–H and O–H groups in total. The topological polar surface area (TPSA) is 62.1 Å². The number of nitrogen functional groups attached to an aromatic ring is 1. The Labute approximate surface area is 118 Å². The fourth-order valence-corrected chi connectivity index (χ4v) is 2.94. The molecule has 0 spiro atoms. The molecule has 2 atom stereocenters. The Morgan fingerprint density at radius 3 is 2.90 bits per heavy atom. The van der Waals surface area contributed by atoms with Gasteiger partial charge in [0.2, 0.25) is 0 Å². The largest absolute Gasteiger partial charge is 0.399 e. The van der Waals surface area contributed by atoms with Crippen LogP contribution < -0.4 is 5.73 Å². The number of nitrogens with one attached hydrogen (secondary N) is 1. The van der Waals surface area contributed by atoms with Crippen LogP contribution in [0.25, 0.3) is 10.9 Å². The van der Waals surface area contributed by atoms with Crippen molar-refractivity contribution in [3.8, 4) is 0 Å². The van der Waals surface area contributed by atoms with Gasteiger partial charge in [0.1, 0.15) is 0 Å². The molecule has 2 unspecified atom stereocenters. The Kier molecular flexibility index (Phi) is 3.16. The summed E-state index contributed by atoms with van der Waals surface area (Å²) in [7, 11) is 0. The molecule has 1 aliphatic heterocycles. The fourth-order valence-electron chi connectivity index (χ4n) is 2.94. The summed E-state index contributed by atoms with van der Waals surface area (Å²) in [6.07, 6.45) is 2.89. The van der Waals surface area contributed by atoms with Crippen LogP contribution in [0.1, 0.15) is 30.6 Å². The first-order valence-corrected chi connectivity index (χ1v) is 7.22. The molecule has 0 saturated carbocycles. The third-order valence-electron chi connectivity index (χ3n) is 4.56. The second-order valence-corrected chi connectivity index (χ2v) is 6.00. The van der Waals surface area contributed by atoms with Crippen LogP contribution in [-0.2, 0) is 0 Å². The van der Waals surface area contributed by atoms with Crippen molar-refractivity contribution in [2.45, 2.75) is 20.3 Å². The molecular formula is C16H21N3O. The number of amides is 1. The lowest BCUT2D eigenvalue weighted by molar-refractivity contribution is 0.0629. The minimum Gasteiger partial charge on any atom is -0.399 e. The molecule has 1 saturated heterocycles. The maximum atomic E-state index is 12.7. The van der Waals surface area contributed by atoms with Crippen LogP contribution >= 0.6 is 0 Å². The number of aromatic nitrogens is 1.